The molecule has 5 unspecified atom stereocenters. The Bertz CT molecular complexity index is 1010. The standard InChI is InChI=1S/C24H34N2O2S/c1-22(2)18-8-11-23(3)17-7-6-15-10-13-25-21(15)16(17)14-19(23)24(18,4)12-9-20(22)26-29(5,27)28/h6-7,13,18-20,26H,8-12,14H2,1-5H3. The van der Waals surface area contributed by atoms with Crippen LogP contribution in [-0.4, -0.2) is 26.9 Å². The van der Waals surface area contributed by atoms with E-state index < -0.39 is 10.0 Å². The predicted octanol–water partition coefficient (Wildman–Crippen LogP) is 4.53. The minimum Gasteiger partial charge on any atom is -0.260 e. The van der Waals surface area contributed by atoms with Gasteiger partial charge in [0.05, 0.1) is 11.9 Å². The topological polar surface area (TPSA) is 58.5 Å². The predicted molar refractivity (Wildman–Crippen MR) is 118 cm³/mol. The molecule has 1 N–H and O–H groups in total. The molecule has 0 bridgehead atoms. The Labute approximate surface area is 175 Å². The van der Waals surface area contributed by atoms with E-state index >= 15 is 0 Å². The van der Waals surface area contributed by atoms with Crippen LogP contribution in [0.4, 0.5) is 5.69 Å². The number of rotatable bonds is 2. The van der Waals surface area contributed by atoms with Crippen molar-refractivity contribution in [3.8, 4) is 0 Å². The smallest absolute Gasteiger partial charge is 0.208 e. The van der Waals surface area contributed by atoms with Crippen LogP contribution in [0.15, 0.2) is 17.1 Å². The molecular weight excluding hydrogens is 380 g/mol. The van der Waals surface area contributed by atoms with Crippen molar-refractivity contribution in [3.63, 3.8) is 0 Å². The summed E-state index contributed by atoms with van der Waals surface area (Å²) in [4.78, 5) is 4.77. The SMILES string of the molecule is CC12CCC3C(C)(C)C(NS(C)(=O)=O)CCC3(C)C1Cc1c2ccc2c1N=CC2. The number of nitrogens with zero attached hydrogens (tertiary/aromatic N) is 1. The van der Waals surface area contributed by atoms with Crippen LogP contribution in [0, 0.1) is 22.7 Å². The molecule has 4 aliphatic rings. The molecule has 1 aromatic rings. The molecule has 2 saturated carbocycles. The van der Waals surface area contributed by atoms with E-state index in [1.165, 1.54) is 35.1 Å². The van der Waals surface area contributed by atoms with Gasteiger partial charge in [-0.15, -0.1) is 0 Å². The quantitative estimate of drug-likeness (QED) is 0.773. The Kier molecular flexibility index (Phi) is 4.04. The third-order valence-corrected chi connectivity index (χ3v) is 10.1. The molecule has 0 amide bonds. The number of aliphatic imine (C=N–C) groups is 1. The van der Waals surface area contributed by atoms with E-state index in [-0.39, 0.29) is 22.3 Å². The van der Waals surface area contributed by atoms with Crippen LogP contribution in [-0.2, 0) is 28.3 Å². The highest BCUT2D eigenvalue weighted by Crippen LogP contribution is 2.68. The van der Waals surface area contributed by atoms with Crippen molar-refractivity contribution in [1.82, 2.24) is 4.72 Å². The largest absolute Gasteiger partial charge is 0.260 e. The number of fused-ring (bicyclic) bond motifs is 7. The summed E-state index contributed by atoms with van der Waals surface area (Å²) in [7, 11) is -3.20. The highest BCUT2D eigenvalue weighted by molar-refractivity contribution is 7.88. The molecule has 1 heterocycles. The number of nitrogens with one attached hydrogen (secondary N) is 1. The number of hydrogen-bond acceptors (Lipinski definition) is 3. The van der Waals surface area contributed by atoms with Gasteiger partial charge in [0.2, 0.25) is 10.0 Å². The van der Waals surface area contributed by atoms with Gasteiger partial charge in [-0.05, 0) is 76.9 Å². The molecule has 4 nitrogen and oxygen atoms in total. The summed E-state index contributed by atoms with van der Waals surface area (Å²) in [6.07, 6.45) is 9.81. The lowest BCUT2D eigenvalue weighted by atomic mass is 9.43. The first-order valence-corrected chi connectivity index (χ1v) is 13.0. The molecular formula is C24H34N2O2S. The van der Waals surface area contributed by atoms with E-state index in [1.54, 1.807) is 0 Å². The zero-order chi connectivity index (χ0) is 20.8. The first kappa shape index (κ1) is 19.7. The van der Waals surface area contributed by atoms with Crippen LogP contribution in [0.25, 0.3) is 0 Å². The third kappa shape index (κ3) is 2.65. The average molecular weight is 415 g/mol. The molecule has 29 heavy (non-hydrogen) atoms. The van der Waals surface area contributed by atoms with Crippen LogP contribution >= 0.6 is 0 Å². The van der Waals surface area contributed by atoms with E-state index in [2.05, 4.69) is 50.8 Å². The minimum atomic E-state index is -3.20. The molecule has 158 valence electrons. The van der Waals surface area contributed by atoms with Gasteiger partial charge in [0.25, 0.3) is 0 Å². The first-order valence-electron chi connectivity index (χ1n) is 11.1. The van der Waals surface area contributed by atoms with E-state index in [0.717, 1.165) is 32.1 Å². The van der Waals surface area contributed by atoms with Crippen molar-refractivity contribution < 1.29 is 8.42 Å². The van der Waals surface area contributed by atoms with Crippen molar-refractivity contribution in [2.45, 2.75) is 77.7 Å². The van der Waals surface area contributed by atoms with Gasteiger partial charge in [0, 0.05) is 18.7 Å². The monoisotopic (exact) mass is 414 g/mol. The maximum atomic E-state index is 12.0. The Balaban J connectivity index is 1.54. The average Bonchev–Trinajstić information content (AvgIpc) is 3.19. The van der Waals surface area contributed by atoms with Crippen molar-refractivity contribution >= 4 is 21.9 Å². The Morgan fingerprint density at radius 3 is 2.55 bits per heavy atom. The normalized spacial score (nSPS) is 39.6. The number of hydrogen-bond donors (Lipinski definition) is 1. The highest BCUT2D eigenvalue weighted by atomic mass is 32.2. The molecule has 1 aliphatic heterocycles. The van der Waals surface area contributed by atoms with Gasteiger partial charge >= 0.3 is 0 Å². The van der Waals surface area contributed by atoms with Crippen molar-refractivity contribution in [2.75, 3.05) is 6.26 Å². The van der Waals surface area contributed by atoms with Crippen molar-refractivity contribution in [2.24, 2.45) is 27.7 Å². The lowest BCUT2D eigenvalue weighted by molar-refractivity contribution is -0.109. The Hall–Kier alpha value is -1.20. The molecule has 5 rings (SSSR count). The molecule has 0 radical (unpaired) electrons. The van der Waals surface area contributed by atoms with Gasteiger partial charge in [-0.2, -0.15) is 0 Å². The van der Waals surface area contributed by atoms with Crippen LogP contribution < -0.4 is 4.72 Å². The molecule has 0 spiro atoms. The molecule has 3 aliphatic carbocycles. The van der Waals surface area contributed by atoms with Crippen LogP contribution in [0.1, 0.15) is 70.1 Å². The maximum Gasteiger partial charge on any atom is 0.208 e. The molecule has 5 heteroatoms. The summed E-state index contributed by atoms with van der Waals surface area (Å²) in [6.45, 7) is 9.59. The summed E-state index contributed by atoms with van der Waals surface area (Å²) in [5, 5.41) is 0. The summed E-state index contributed by atoms with van der Waals surface area (Å²) in [5.74, 6) is 1.12. The van der Waals surface area contributed by atoms with Crippen LogP contribution in [0.3, 0.4) is 0 Å². The number of sulfonamides is 1. The van der Waals surface area contributed by atoms with E-state index in [0.29, 0.717) is 11.8 Å². The second kappa shape index (κ2) is 5.94. The van der Waals surface area contributed by atoms with E-state index in [9.17, 15) is 8.42 Å². The summed E-state index contributed by atoms with van der Waals surface area (Å²) in [5.41, 5.74) is 6.06. The molecule has 0 saturated heterocycles. The Morgan fingerprint density at radius 2 is 1.83 bits per heavy atom. The lowest BCUT2D eigenvalue weighted by Gasteiger charge is -2.63. The van der Waals surface area contributed by atoms with Crippen LogP contribution in [0.5, 0.6) is 0 Å². The van der Waals surface area contributed by atoms with Gasteiger partial charge in [0.1, 0.15) is 0 Å². The second-order valence-electron chi connectivity index (χ2n) is 11.2. The van der Waals surface area contributed by atoms with Gasteiger partial charge < -0.3 is 0 Å². The van der Waals surface area contributed by atoms with Gasteiger partial charge in [0.15, 0.2) is 0 Å². The summed E-state index contributed by atoms with van der Waals surface area (Å²) in [6, 6.07) is 4.73. The molecule has 0 aromatic heterocycles. The first-order chi connectivity index (χ1) is 13.5. The van der Waals surface area contributed by atoms with Gasteiger partial charge in [-0.1, -0.05) is 39.8 Å². The zero-order valence-corrected chi connectivity index (χ0v) is 19.2. The summed E-state index contributed by atoms with van der Waals surface area (Å²) < 4.78 is 27.0. The van der Waals surface area contributed by atoms with Crippen LogP contribution in [0.2, 0.25) is 0 Å². The van der Waals surface area contributed by atoms with E-state index in [4.69, 9.17) is 4.99 Å². The van der Waals surface area contributed by atoms with Crippen molar-refractivity contribution in [3.05, 3.63) is 28.8 Å². The number of benzene rings is 1. The summed E-state index contributed by atoms with van der Waals surface area (Å²) >= 11 is 0. The van der Waals surface area contributed by atoms with Crippen molar-refractivity contribution in [1.29, 1.82) is 0 Å². The molecule has 2 fully saturated rings. The fourth-order valence-corrected chi connectivity index (χ4v) is 8.94. The molecule has 1 aromatic carbocycles. The Morgan fingerprint density at radius 1 is 1.07 bits per heavy atom. The lowest BCUT2D eigenvalue weighted by Crippen LogP contribution is -2.61. The zero-order valence-electron chi connectivity index (χ0n) is 18.4. The van der Waals surface area contributed by atoms with Gasteiger partial charge in [-0.3, -0.25) is 4.99 Å². The fourth-order valence-electron chi connectivity index (χ4n) is 8.00. The maximum absolute atomic E-state index is 12.0. The second-order valence-corrected chi connectivity index (χ2v) is 13.0. The van der Waals surface area contributed by atoms with Gasteiger partial charge in [-0.25, -0.2) is 13.1 Å². The fraction of sp³-hybridized carbons (Fsp3) is 0.708. The highest BCUT2D eigenvalue weighted by Gasteiger charge is 2.63. The molecule has 5 atom stereocenters. The minimum absolute atomic E-state index is 0.0255. The third-order valence-electron chi connectivity index (χ3n) is 9.36. The van der Waals surface area contributed by atoms with E-state index in [1.807, 2.05) is 0 Å².